The molecule has 1 aliphatic heterocycles. The molecule has 2 aromatic carbocycles. The van der Waals surface area contributed by atoms with E-state index in [1.807, 2.05) is 86.7 Å². The van der Waals surface area contributed by atoms with Crippen molar-refractivity contribution in [3.05, 3.63) is 77.9 Å². The molecule has 0 unspecified atom stereocenters. The molecule has 1 fully saturated rings. The standard InChI is InChI=1S/C26H32N4O4S/c1-19(2)16-23(25(32)28-30-24(31)17-27-35-30)22(15-9-14-20-10-5-3-6-11-20)26(33)29-34-18-21-12-7-4-8-13-21/h3-14,19,22-23,27H,15-18H2,1-2H3,(H,28,32)(H,29,33)/t22-,23+/m0/s1. The Morgan fingerprint density at radius 1 is 1.06 bits per heavy atom. The van der Waals surface area contributed by atoms with Crippen LogP contribution in [-0.4, -0.2) is 28.7 Å². The van der Waals surface area contributed by atoms with Crippen LogP contribution in [0.25, 0.3) is 6.08 Å². The Kier molecular flexibility index (Phi) is 10.3. The number of hydroxylamine groups is 1. The summed E-state index contributed by atoms with van der Waals surface area (Å²) >= 11 is 1.02. The fraction of sp³-hybridized carbons (Fsp3) is 0.346. The van der Waals surface area contributed by atoms with E-state index in [0.29, 0.717) is 12.8 Å². The van der Waals surface area contributed by atoms with Crippen molar-refractivity contribution < 1.29 is 19.2 Å². The third kappa shape index (κ3) is 8.54. The minimum atomic E-state index is -0.691. The van der Waals surface area contributed by atoms with Gasteiger partial charge in [-0.05, 0) is 29.9 Å². The largest absolute Gasteiger partial charge is 0.273 e. The van der Waals surface area contributed by atoms with Crippen LogP contribution in [-0.2, 0) is 25.8 Å². The van der Waals surface area contributed by atoms with E-state index in [-0.39, 0.29) is 36.8 Å². The van der Waals surface area contributed by atoms with Crippen molar-refractivity contribution in [1.82, 2.24) is 20.0 Å². The number of benzene rings is 2. The highest BCUT2D eigenvalue weighted by Crippen LogP contribution is 2.26. The molecular formula is C26H32N4O4S. The number of hydrogen-bond acceptors (Lipinski definition) is 6. The van der Waals surface area contributed by atoms with Gasteiger partial charge in [-0.3, -0.25) is 24.6 Å². The number of rotatable bonds is 12. The number of carbonyl (C=O) groups excluding carboxylic acids is 3. The molecular weight excluding hydrogens is 464 g/mol. The van der Waals surface area contributed by atoms with Gasteiger partial charge in [0.05, 0.1) is 37.1 Å². The second-order valence-corrected chi connectivity index (χ2v) is 9.54. The van der Waals surface area contributed by atoms with Crippen LogP contribution in [0, 0.1) is 17.8 Å². The van der Waals surface area contributed by atoms with Crippen LogP contribution < -0.4 is 15.6 Å². The summed E-state index contributed by atoms with van der Waals surface area (Å²) in [6.07, 6.45) is 4.63. The second kappa shape index (κ2) is 13.7. The number of nitrogens with one attached hydrogen (secondary N) is 3. The maximum atomic E-state index is 13.3. The number of hydrazine groups is 1. The van der Waals surface area contributed by atoms with Crippen LogP contribution in [0.3, 0.4) is 0 Å². The first-order valence-electron chi connectivity index (χ1n) is 11.6. The molecule has 0 radical (unpaired) electrons. The van der Waals surface area contributed by atoms with Gasteiger partial charge in [0, 0.05) is 0 Å². The Labute approximate surface area is 210 Å². The van der Waals surface area contributed by atoms with Crippen LogP contribution in [0.15, 0.2) is 66.7 Å². The minimum Gasteiger partial charge on any atom is -0.273 e. The fourth-order valence-corrected chi connectivity index (χ4v) is 4.34. The SMILES string of the molecule is CC(C)C[C@@H](C(=O)NN1SNCC1=O)[C@H](CC=Cc1ccccc1)C(=O)NOCc1ccccc1. The maximum absolute atomic E-state index is 13.3. The van der Waals surface area contributed by atoms with Crippen molar-refractivity contribution in [3.63, 3.8) is 0 Å². The molecule has 2 atom stereocenters. The molecule has 1 saturated heterocycles. The third-order valence-electron chi connectivity index (χ3n) is 5.46. The van der Waals surface area contributed by atoms with Gasteiger partial charge < -0.3 is 0 Å². The molecule has 0 saturated carbocycles. The van der Waals surface area contributed by atoms with Gasteiger partial charge in [0.1, 0.15) is 0 Å². The van der Waals surface area contributed by atoms with E-state index in [1.165, 1.54) is 4.41 Å². The first-order chi connectivity index (χ1) is 16.9. The van der Waals surface area contributed by atoms with Gasteiger partial charge in [0.2, 0.25) is 11.8 Å². The van der Waals surface area contributed by atoms with E-state index >= 15 is 0 Å². The van der Waals surface area contributed by atoms with Crippen molar-refractivity contribution in [2.24, 2.45) is 17.8 Å². The van der Waals surface area contributed by atoms with Crippen molar-refractivity contribution >= 4 is 35.9 Å². The fourth-order valence-electron chi connectivity index (χ4n) is 3.72. The summed E-state index contributed by atoms with van der Waals surface area (Å²) in [5, 5.41) is 0. The predicted octanol–water partition coefficient (Wildman–Crippen LogP) is 3.64. The first kappa shape index (κ1) is 26.5. The molecule has 0 bridgehead atoms. The lowest BCUT2D eigenvalue weighted by Gasteiger charge is -2.27. The van der Waals surface area contributed by atoms with Gasteiger partial charge in [-0.2, -0.15) is 4.41 Å². The summed E-state index contributed by atoms with van der Waals surface area (Å²) in [4.78, 5) is 44.0. The average Bonchev–Trinajstić information content (AvgIpc) is 3.25. The van der Waals surface area contributed by atoms with Gasteiger partial charge in [-0.1, -0.05) is 86.7 Å². The highest BCUT2D eigenvalue weighted by Gasteiger charge is 2.36. The van der Waals surface area contributed by atoms with Crippen LogP contribution >= 0.6 is 12.1 Å². The normalized spacial score (nSPS) is 15.4. The zero-order chi connectivity index (χ0) is 25.0. The van der Waals surface area contributed by atoms with Crippen molar-refractivity contribution in [3.8, 4) is 0 Å². The first-order valence-corrected chi connectivity index (χ1v) is 12.4. The lowest BCUT2D eigenvalue weighted by atomic mass is 9.82. The zero-order valence-electron chi connectivity index (χ0n) is 20.0. The maximum Gasteiger partial charge on any atom is 0.267 e. The number of amides is 3. The van der Waals surface area contributed by atoms with Crippen molar-refractivity contribution in [1.29, 1.82) is 0 Å². The summed E-state index contributed by atoms with van der Waals surface area (Å²) in [6, 6.07) is 19.3. The Bertz CT molecular complexity index is 1000. The quantitative estimate of drug-likeness (QED) is 0.307. The van der Waals surface area contributed by atoms with Crippen LogP contribution in [0.5, 0.6) is 0 Å². The lowest BCUT2D eigenvalue weighted by Crippen LogP contribution is -2.47. The van der Waals surface area contributed by atoms with E-state index in [4.69, 9.17) is 4.84 Å². The van der Waals surface area contributed by atoms with E-state index in [1.54, 1.807) is 0 Å². The van der Waals surface area contributed by atoms with Gasteiger partial charge >= 0.3 is 0 Å². The topological polar surface area (TPSA) is 99.8 Å². The van der Waals surface area contributed by atoms with Crippen LogP contribution in [0.1, 0.15) is 37.8 Å². The molecule has 3 rings (SSSR count). The molecule has 9 heteroatoms. The zero-order valence-corrected chi connectivity index (χ0v) is 20.8. The van der Waals surface area contributed by atoms with Gasteiger partial charge in [0.25, 0.3) is 5.91 Å². The number of nitrogens with zero attached hydrogens (tertiary/aromatic N) is 1. The molecule has 3 N–H and O–H groups in total. The number of hydrogen-bond donors (Lipinski definition) is 3. The van der Waals surface area contributed by atoms with E-state index in [2.05, 4.69) is 15.6 Å². The van der Waals surface area contributed by atoms with Gasteiger partial charge in [-0.25, -0.2) is 10.2 Å². The van der Waals surface area contributed by atoms with E-state index < -0.39 is 11.8 Å². The van der Waals surface area contributed by atoms with Crippen LogP contribution in [0.4, 0.5) is 0 Å². The molecule has 0 aromatic heterocycles. The average molecular weight is 497 g/mol. The lowest BCUT2D eigenvalue weighted by molar-refractivity contribution is -0.146. The summed E-state index contributed by atoms with van der Waals surface area (Å²) in [5.74, 6) is -2.20. The Balaban J connectivity index is 1.74. The Hall–Kier alpha value is -3.14. The second-order valence-electron chi connectivity index (χ2n) is 8.71. The summed E-state index contributed by atoms with van der Waals surface area (Å²) in [7, 11) is 0. The molecule has 3 amide bonds. The van der Waals surface area contributed by atoms with Crippen LogP contribution in [0.2, 0.25) is 0 Å². The van der Waals surface area contributed by atoms with E-state index in [9.17, 15) is 14.4 Å². The van der Waals surface area contributed by atoms with Gasteiger partial charge in [0.15, 0.2) is 0 Å². The number of allylic oxidation sites excluding steroid dienone is 1. The monoisotopic (exact) mass is 496 g/mol. The third-order valence-corrected chi connectivity index (χ3v) is 6.21. The number of carbonyl (C=O) groups is 3. The molecule has 2 aromatic rings. The van der Waals surface area contributed by atoms with Crippen molar-refractivity contribution in [2.45, 2.75) is 33.3 Å². The molecule has 1 aliphatic rings. The van der Waals surface area contributed by atoms with E-state index in [0.717, 1.165) is 23.3 Å². The highest BCUT2D eigenvalue weighted by molar-refractivity contribution is 7.96. The highest BCUT2D eigenvalue weighted by atomic mass is 32.2. The summed E-state index contributed by atoms with van der Waals surface area (Å²) < 4.78 is 4.00. The molecule has 0 aliphatic carbocycles. The predicted molar refractivity (Wildman–Crippen MR) is 136 cm³/mol. The van der Waals surface area contributed by atoms with Crippen molar-refractivity contribution in [2.75, 3.05) is 6.54 Å². The summed E-state index contributed by atoms with van der Waals surface area (Å²) in [5.41, 5.74) is 7.12. The molecule has 1 heterocycles. The smallest absolute Gasteiger partial charge is 0.267 e. The Morgan fingerprint density at radius 3 is 2.37 bits per heavy atom. The Morgan fingerprint density at radius 2 is 1.74 bits per heavy atom. The molecule has 8 nitrogen and oxygen atoms in total. The summed E-state index contributed by atoms with van der Waals surface area (Å²) in [6.45, 7) is 4.35. The van der Waals surface area contributed by atoms with Gasteiger partial charge in [-0.15, -0.1) is 0 Å². The molecule has 0 spiro atoms. The molecule has 35 heavy (non-hydrogen) atoms. The molecule has 186 valence electrons. The minimum absolute atomic E-state index is 0.136.